The van der Waals surface area contributed by atoms with Gasteiger partial charge in [-0.25, -0.2) is 4.98 Å². The van der Waals surface area contributed by atoms with Crippen LogP contribution in [0.4, 0.5) is 5.82 Å². The smallest absolute Gasteiger partial charge is 0.123 e. The Balaban J connectivity index is 1.83. The van der Waals surface area contributed by atoms with Gasteiger partial charge in [0.25, 0.3) is 0 Å². The number of hydrogen-bond donors (Lipinski definition) is 1. The molecule has 1 aromatic rings. The Bertz CT molecular complexity index is 267. The van der Waals surface area contributed by atoms with Crippen LogP contribution in [0.3, 0.4) is 0 Å². The SMILES string of the molecule is Nc1ccc(SCC2CCC2)cn1. The number of nitrogens with zero attached hydrogens (tertiary/aromatic N) is 1. The highest BCUT2D eigenvalue weighted by Gasteiger charge is 2.17. The number of thioether (sulfide) groups is 1. The molecular formula is C10H14N2S. The zero-order valence-electron chi connectivity index (χ0n) is 7.57. The molecule has 0 atom stereocenters. The topological polar surface area (TPSA) is 38.9 Å². The molecule has 70 valence electrons. The van der Waals surface area contributed by atoms with E-state index in [2.05, 4.69) is 4.98 Å². The summed E-state index contributed by atoms with van der Waals surface area (Å²) in [5.74, 6) is 2.79. The van der Waals surface area contributed by atoms with E-state index in [0.717, 1.165) is 5.92 Å². The highest BCUT2D eigenvalue weighted by atomic mass is 32.2. The molecule has 0 unspecified atom stereocenters. The van der Waals surface area contributed by atoms with E-state index in [-0.39, 0.29) is 0 Å². The quantitative estimate of drug-likeness (QED) is 0.752. The fourth-order valence-electron chi connectivity index (χ4n) is 1.35. The second kappa shape index (κ2) is 4.01. The summed E-state index contributed by atoms with van der Waals surface area (Å²) in [5.41, 5.74) is 5.50. The third-order valence-electron chi connectivity index (χ3n) is 2.47. The summed E-state index contributed by atoms with van der Waals surface area (Å²) in [6, 6.07) is 3.91. The standard InChI is InChI=1S/C10H14N2S/c11-10-5-4-9(6-12-10)13-7-8-2-1-3-8/h4-6,8H,1-3,7H2,(H2,11,12). The maximum atomic E-state index is 5.50. The third kappa shape index (κ3) is 2.37. The fourth-order valence-corrected chi connectivity index (χ4v) is 2.40. The Morgan fingerprint density at radius 3 is 2.85 bits per heavy atom. The largest absolute Gasteiger partial charge is 0.384 e. The second-order valence-electron chi connectivity index (χ2n) is 3.53. The van der Waals surface area contributed by atoms with Crippen LogP contribution in [0.1, 0.15) is 19.3 Å². The average Bonchev–Trinajstić information content (AvgIpc) is 2.05. The van der Waals surface area contributed by atoms with Crippen LogP contribution in [-0.2, 0) is 0 Å². The van der Waals surface area contributed by atoms with Gasteiger partial charge in [0, 0.05) is 16.8 Å². The average molecular weight is 194 g/mol. The summed E-state index contributed by atoms with van der Waals surface area (Å²) in [6.07, 6.45) is 6.11. The van der Waals surface area contributed by atoms with Crippen LogP contribution < -0.4 is 5.73 Å². The van der Waals surface area contributed by atoms with Crippen molar-refractivity contribution in [3.8, 4) is 0 Å². The van der Waals surface area contributed by atoms with E-state index in [1.807, 2.05) is 30.1 Å². The molecule has 2 nitrogen and oxygen atoms in total. The number of hydrogen-bond acceptors (Lipinski definition) is 3. The van der Waals surface area contributed by atoms with Crippen LogP contribution in [0.5, 0.6) is 0 Å². The monoisotopic (exact) mass is 194 g/mol. The molecule has 0 radical (unpaired) electrons. The lowest BCUT2D eigenvalue weighted by Gasteiger charge is -2.24. The first-order chi connectivity index (χ1) is 6.34. The van der Waals surface area contributed by atoms with Crippen LogP contribution in [0.25, 0.3) is 0 Å². The Labute approximate surface area is 82.9 Å². The van der Waals surface area contributed by atoms with Gasteiger partial charge in [0.2, 0.25) is 0 Å². The van der Waals surface area contributed by atoms with Crippen molar-refractivity contribution in [1.82, 2.24) is 4.98 Å². The fraction of sp³-hybridized carbons (Fsp3) is 0.500. The molecule has 1 aromatic heterocycles. The van der Waals surface area contributed by atoms with Crippen molar-refractivity contribution in [2.75, 3.05) is 11.5 Å². The van der Waals surface area contributed by atoms with E-state index >= 15 is 0 Å². The van der Waals surface area contributed by atoms with Gasteiger partial charge in [-0.05, 0) is 30.9 Å². The highest BCUT2D eigenvalue weighted by molar-refractivity contribution is 7.99. The molecule has 1 aliphatic carbocycles. The van der Waals surface area contributed by atoms with E-state index in [4.69, 9.17) is 5.73 Å². The lowest BCUT2D eigenvalue weighted by molar-refractivity contribution is 0.353. The van der Waals surface area contributed by atoms with Crippen LogP contribution in [0, 0.1) is 5.92 Å². The van der Waals surface area contributed by atoms with Crippen molar-refractivity contribution in [3.63, 3.8) is 0 Å². The number of anilines is 1. The normalized spacial score (nSPS) is 16.9. The molecule has 13 heavy (non-hydrogen) atoms. The Morgan fingerprint density at radius 2 is 2.31 bits per heavy atom. The third-order valence-corrected chi connectivity index (χ3v) is 3.68. The van der Waals surface area contributed by atoms with Crippen molar-refractivity contribution in [2.24, 2.45) is 5.92 Å². The van der Waals surface area contributed by atoms with Gasteiger partial charge in [-0.2, -0.15) is 0 Å². The minimum atomic E-state index is 0.605. The van der Waals surface area contributed by atoms with Crippen molar-refractivity contribution >= 4 is 17.6 Å². The highest BCUT2D eigenvalue weighted by Crippen LogP contribution is 2.32. The van der Waals surface area contributed by atoms with Gasteiger partial charge in [-0.15, -0.1) is 11.8 Å². The molecule has 1 heterocycles. The van der Waals surface area contributed by atoms with Gasteiger partial charge in [0.15, 0.2) is 0 Å². The molecule has 0 spiro atoms. The first-order valence-corrected chi connectivity index (χ1v) is 5.67. The van der Waals surface area contributed by atoms with E-state index in [1.165, 1.54) is 29.9 Å². The zero-order valence-corrected chi connectivity index (χ0v) is 8.39. The van der Waals surface area contributed by atoms with Crippen LogP contribution in [0.2, 0.25) is 0 Å². The minimum absolute atomic E-state index is 0.605. The first-order valence-electron chi connectivity index (χ1n) is 4.69. The van der Waals surface area contributed by atoms with Crippen LogP contribution >= 0.6 is 11.8 Å². The summed E-state index contributed by atoms with van der Waals surface area (Å²) < 4.78 is 0. The lowest BCUT2D eigenvalue weighted by Crippen LogP contribution is -2.13. The molecule has 1 saturated carbocycles. The Morgan fingerprint density at radius 1 is 1.46 bits per heavy atom. The molecule has 1 fully saturated rings. The maximum Gasteiger partial charge on any atom is 0.123 e. The number of rotatable bonds is 3. The summed E-state index contributed by atoms with van der Waals surface area (Å²) in [7, 11) is 0. The number of nitrogen functional groups attached to an aromatic ring is 1. The molecule has 0 aliphatic heterocycles. The molecule has 2 N–H and O–H groups in total. The lowest BCUT2D eigenvalue weighted by atomic mass is 9.87. The predicted molar refractivity (Wildman–Crippen MR) is 56.7 cm³/mol. The Kier molecular flexibility index (Phi) is 2.74. The molecular weight excluding hydrogens is 180 g/mol. The van der Waals surface area contributed by atoms with E-state index in [0.29, 0.717) is 5.82 Å². The second-order valence-corrected chi connectivity index (χ2v) is 4.62. The van der Waals surface area contributed by atoms with Crippen molar-refractivity contribution < 1.29 is 0 Å². The van der Waals surface area contributed by atoms with Crippen molar-refractivity contribution in [2.45, 2.75) is 24.2 Å². The van der Waals surface area contributed by atoms with Gasteiger partial charge < -0.3 is 5.73 Å². The summed E-state index contributed by atoms with van der Waals surface area (Å²) in [6.45, 7) is 0. The summed E-state index contributed by atoms with van der Waals surface area (Å²) in [4.78, 5) is 5.29. The maximum absolute atomic E-state index is 5.50. The number of aromatic nitrogens is 1. The molecule has 2 rings (SSSR count). The van der Waals surface area contributed by atoms with Gasteiger partial charge in [-0.3, -0.25) is 0 Å². The molecule has 0 aromatic carbocycles. The van der Waals surface area contributed by atoms with Crippen molar-refractivity contribution in [3.05, 3.63) is 18.3 Å². The molecule has 3 heteroatoms. The van der Waals surface area contributed by atoms with Gasteiger partial charge >= 0.3 is 0 Å². The molecule has 0 saturated heterocycles. The summed E-state index contributed by atoms with van der Waals surface area (Å²) in [5, 5.41) is 0. The van der Waals surface area contributed by atoms with Crippen molar-refractivity contribution in [1.29, 1.82) is 0 Å². The van der Waals surface area contributed by atoms with Crippen LogP contribution in [-0.4, -0.2) is 10.7 Å². The van der Waals surface area contributed by atoms with Gasteiger partial charge in [0.05, 0.1) is 0 Å². The zero-order chi connectivity index (χ0) is 9.10. The molecule has 0 amide bonds. The van der Waals surface area contributed by atoms with E-state index < -0.39 is 0 Å². The van der Waals surface area contributed by atoms with Crippen LogP contribution in [0.15, 0.2) is 23.2 Å². The molecule has 0 bridgehead atoms. The first kappa shape index (κ1) is 8.88. The van der Waals surface area contributed by atoms with Gasteiger partial charge in [0.1, 0.15) is 5.82 Å². The van der Waals surface area contributed by atoms with E-state index in [9.17, 15) is 0 Å². The van der Waals surface area contributed by atoms with E-state index in [1.54, 1.807) is 0 Å². The number of pyridine rings is 1. The van der Waals surface area contributed by atoms with Gasteiger partial charge in [-0.1, -0.05) is 6.42 Å². The number of nitrogens with two attached hydrogens (primary N) is 1. The predicted octanol–water partition coefficient (Wildman–Crippen LogP) is 2.56. The minimum Gasteiger partial charge on any atom is -0.384 e. The molecule has 1 aliphatic rings. The Hall–Kier alpha value is -0.700. The summed E-state index contributed by atoms with van der Waals surface area (Å²) >= 11 is 1.89.